The molecule has 7 nitrogen and oxygen atoms in total. The van der Waals surface area contributed by atoms with Crippen LogP contribution >= 0.6 is 0 Å². The van der Waals surface area contributed by atoms with Gasteiger partial charge in [-0.2, -0.15) is 18.4 Å². The molecule has 2 N–H and O–H groups in total. The third kappa shape index (κ3) is 2.83. The van der Waals surface area contributed by atoms with Crippen molar-refractivity contribution in [2.45, 2.75) is 57.1 Å². The van der Waals surface area contributed by atoms with E-state index < -0.39 is 58.0 Å². The third-order valence-corrected chi connectivity index (χ3v) is 7.48. The largest absolute Gasteiger partial charge is 0.417 e. The second-order valence-corrected chi connectivity index (χ2v) is 8.86. The molecule has 2 bridgehead atoms. The normalized spacial score (nSPS) is 36.8. The number of hydrogen-bond donors (Lipinski definition) is 2. The van der Waals surface area contributed by atoms with E-state index in [4.69, 9.17) is 10.00 Å². The van der Waals surface area contributed by atoms with Crippen molar-refractivity contribution in [3.63, 3.8) is 0 Å². The molecule has 2 fully saturated rings. The summed E-state index contributed by atoms with van der Waals surface area (Å²) < 4.78 is 46.2. The molecule has 2 saturated heterocycles. The molecule has 3 rings (SSSR count). The molecule has 1 aromatic rings. The quantitative estimate of drug-likeness (QED) is 0.696. The number of aliphatic hydroxyl groups is 2. The Morgan fingerprint density at radius 3 is 2.45 bits per heavy atom. The Labute approximate surface area is 177 Å². The number of nitriles is 1. The van der Waals surface area contributed by atoms with Crippen LogP contribution in [0.4, 0.5) is 18.9 Å². The van der Waals surface area contributed by atoms with Crippen LogP contribution in [-0.2, 0) is 20.5 Å². The predicted molar refractivity (Wildman–Crippen MR) is 102 cm³/mol. The molecule has 2 heterocycles. The molecule has 10 heteroatoms. The van der Waals surface area contributed by atoms with E-state index in [2.05, 4.69) is 0 Å². The molecule has 0 aliphatic carbocycles. The average molecular weight is 440 g/mol. The molecule has 2 unspecified atom stereocenters. The lowest BCUT2D eigenvalue weighted by Crippen LogP contribution is -2.68. The fourth-order valence-electron chi connectivity index (χ4n) is 5.29. The summed E-state index contributed by atoms with van der Waals surface area (Å²) in [6.45, 7) is 5.60. The van der Waals surface area contributed by atoms with E-state index in [0.717, 1.165) is 12.1 Å². The summed E-state index contributed by atoms with van der Waals surface area (Å²) in [6.07, 6.45) is -4.73. The van der Waals surface area contributed by atoms with Crippen LogP contribution in [0.5, 0.6) is 0 Å². The Hall–Kier alpha value is -2.48. The fraction of sp³-hybridized carbons (Fsp3) is 0.571. The minimum absolute atomic E-state index is 0.0488. The van der Waals surface area contributed by atoms with Crippen molar-refractivity contribution in [1.29, 1.82) is 5.26 Å². The van der Waals surface area contributed by atoms with Crippen molar-refractivity contribution < 1.29 is 37.7 Å². The Morgan fingerprint density at radius 2 is 2.00 bits per heavy atom. The van der Waals surface area contributed by atoms with Gasteiger partial charge in [0.2, 0.25) is 12.3 Å². The molecule has 0 spiro atoms. The van der Waals surface area contributed by atoms with E-state index in [-0.39, 0.29) is 18.5 Å². The topological polar surface area (TPSA) is 111 Å². The van der Waals surface area contributed by atoms with Crippen molar-refractivity contribution in [2.24, 2.45) is 11.3 Å². The average Bonchev–Trinajstić information content (AvgIpc) is 3.02. The van der Waals surface area contributed by atoms with Gasteiger partial charge in [0.25, 0.3) is 0 Å². The number of alkyl halides is 3. The number of halogens is 3. The first-order valence-electron chi connectivity index (χ1n) is 9.59. The number of carbonyl (C=O) groups excluding carboxylic acids is 2. The number of rotatable bonds is 4. The first kappa shape index (κ1) is 23.2. The first-order chi connectivity index (χ1) is 14.1. The van der Waals surface area contributed by atoms with Crippen LogP contribution in [0.15, 0.2) is 18.2 Å². The maximum absolute atomic E-state index is 13.6. The highest BCUT2D eigenvalue weighted by molar-refractivity contribution is 6.10. The minimum atomic E-state index is -4.87. The molecular weight excluding hydrogens is 417 g/mol. The van der Waals surface area contributed by atoms with Gasteiger partial charge in [0, 0.05) is 12.3 Å². The van der Waals surface area contributed by atoms with Crippen LogP contribution in [-0.4, -0.2) is 45.9 Å². The van der Waals surface area contributed by atoms with Crippen molar-refractivity contribution in [3.05, 3.63) is 29.3 Å². The van der Waals surface area contributed by atoms with Crippen molar-refractivity contribution in [1.82, 2.24) is 0 Å². The SMILES string of the molecule is C[C@@H]1C2(C)C[C@@](O)(CO)C(C)(O2)[C@]1(C)C(=O)N(C=O)c1ccc(C#N)c(C(F)(F)F)c1. The van der Waals surface area contributed by atoms with E-state index in [9.17, 15) is 33.0 Å². The molecule has 0 aromatic heterocycles. The molecule has 2 aliphatic heterocycles. The van der Waals surface area contributed by atoms with Crippen LogP contribution in [0.25, 0.3) is 0 Å². The van der Waals surface area contributed by atoms with Crippen LogP contribution in [0, 0.1) is 22.7 Å². The van der Waals surface area contributed by atoms with Gasteiger partial charge in [-0.15, -0.1) is 0 Å². The standard InChI is InChI=1S/C21H23F3N2O5/c1-12-17(2)9-20(30,10-27)19(4,31-17)18(12,3)16(29)26(11-28)14-6-5-13(8-25)15(7-14)21(22,23)24/h5-7,11-12,27,30H,9-10H2,1-4H3/t12-,17?,18+,19?,20-/m1/s1. The van der Waals surface area contributed by atoms with Crippen molar-refractivity contribution in [2.75, 3.05) is 11.5 Å². The van der Waals surface area contributed by atoms with Crippen LogP contribution in [0.2, 0.25) is 0 Å². The Kier molecular flexibility index (Phi) is 5.05. The predicted octanol–water partition coefficient (Wildman–Crippen LogP) is 2.38. The maximum atomic E-state index is 13.6. The Bertz CT molecular complexity index is 992. The van der Waals surface area contributed by atoms with Gasteiger partial charge in [0.15, 0.2) is 0 Å². The highest BCUT2D eigenvalue weighted by Gasteiger charge is 2.80. The van der Waals surface area contributed by atoms with Gasteiger partial charge >= 0.3 is 6.18 Å². The summed E-state index contributed by atoms with van der Waals surface area (Å²) >= 11 is 0. The second-order valence-electron chi connectivity index (χ2n) is 8.86. The highest BCUT2D eigenvalue weighted by atomic mass is 19.4. The Morgan fingerprint density at radius 1 is 1.39 bits per heavy atom. The Balaban J connectivity index is 2.14. The molecule has 2 aliphatic rings. The number of benzene rings is 1. The van der Waals surface area contributed by atoms with Crippen LogP contribution in [0.3, 0.4) is 0 Å². The molecule has 0 saturated carbocycles. The van der Waals surface area contributed by atoms with E-state index in [1.54, 1.807) is 13.8 Å². The number of hydrogen-bond acceptors (Lipinski definition) is 6. The van der Waals surface area contributed by atoms with Gasteiger partial charge in [0.1, 0.15) is 11.2 Å². The molecular formula is C21H23F3N2O5. The lowest BCUT2D eigenvalue weighted by Gasteiger charge is -2.51. The number of nitrogens with zero attached hydrogens (tertiary/aromatic N) is 2. The number of ether oxygens (including phenoxy) is 1. The number of amides is 2. The summed E-state index contributed by atoms with van der Waals surface area (Å²) in [5.74, 6) is -1.43. The molecule has 0 radical (unpaired) electrons. The second kappa shape index (κ2) is 6.76. The van der Waals surface area contributed by atoms with Crippen molar-refractivity contribution >= 4 is 18.0 Å². The smallest absolute Gasteiger partial charge is 0.393 e. The van der Waals surface area contributed by atoms with Gasteiger partial charge in [-0.25, -0.2) is 0 Å². The molecule has 31 heavy (non-hydrogen) atoms. The molecule has 1 aromatic carbocycles. The summed E-state index contributed by atoms with van der Waals surface area (Å²) in [4.78, 5) is 26.1. The molecule has 5 atom stereocenters. The number of imide groups is 1. The molecule has 2 amide bonds. The van der Waals surface area contributed by atoms with Gasteiger partial charge in [-0.1, -0.05) is 6.92 Å². The van der Waals surface area contributed by atoms with E-state index in [1.165, 1.54) is 19.9 Å². The van der Waals surface area contributed by atoms with Crippen molar-refractivity contribution in [3.8, 4) is 6.07 Å². The van der Waals surface area contributed by atoms with Gasteiger partial charge in [-0.3, -0.25) is 14.5 Å². The van der Waals surface area contributed by atoms with E-state index in [0.29, 0.717) is 11.0 Å². The zero-order chi connectivity index (χ0) is 23.6. The highest BCUT2D eigenvalue weighted by Crippen LogP contribution is 2.67. The fourth-order valence-corrected chi connectivity index (χ4v) is 5.29. The van der Waals surface area contributed by atoms with Gasteiger partial charge in [-0.05, 0) is 39.0 Å². The van der Waals surface area contributed by atoms with E-state index in [1.807, 2.05) is 0 Å². The number of anilines is 1. The first-order valence-corrected chi connectivity index (χ1v) is 9.59. The number of fused-ring (bicyclic) bond motifs is 2. The zero-order valence-corrected chi connectivity index (χ0v) is 17.4. The number of aliphatic hydroxyl groups excluding tert-OH is 1. The monoisotopic (exact) mass is 440 g/mol. The van der Waals surface area contributed by atoms with Gasteiger partial charge in [0.05, 0.1) is 40.5 Å². The lowest BCUT2D eigenvalue weighted by atomic mass is 9.52. The summed E-state index contributed by atoms with van der Waals surface area (Å²) in [5, 5.41) is 29.9. The maximum Gasteiger partial charge on any atom is 0.417 e. The molecule has 168 valence electrons. The van der Waals surface area contributed by atoms with Gasteiger partial charge < -0.3 is 14.9 Å². The van der Waals surface area contributed by atoms with E-state index >= 15 is 0 Å². The summed E-state index contributed by atoms with van der Waals surface area (Å²) in [5.41, 5.74) is -8.28. The third-order valence-electron chi connectivity index (χ3n) is 7.48. The summed E-state index contributed by atoms with van der Waals surface area (Å²) in [6, 6.07) is 3.97. The summed E-state index contributed by atoms with van der Waals surface area (Å²) in [7, 11) is 0. The number of carbonyl (C=O) groups is 2. The zero-order valence-electron chi connectivity index (χ0n) is 17.4. The minimum Gasteiger partial charge on any atom is -0.393 e. The van der Waals surface area contributed by atoms with Crippen LogP contribution in [0.1, 0.15) is 45.2 Å². The van der Waals surface area contributed by atoms with Crippen LogP contribution < -0.4 is 4.90 Å². The lowest BCUT2D eigenvalue weighted by molar-refractivity contribution is -0.181.